The van der Waals surface area contributed by atoms with Gasteiger partial charge in [0.15, 0.2) is 0 Å². The summed E-state index contributed by atoms with van der Waals surface area (Å²) in [6.07, 6.45) is 10.7. The molecule has 0 bridgehead atoms. The second-order valence-corrected chi connectivity index (χ2v) is 7.94. The van der Waals surface area contributed by atoms with Crippen molar-refractivity contribution in [3.8, 4) is 0 Å². The molecular formula is C19H34O2Si. The highest BCUT2D eigenvalue weighted by Crippen LogP contribution is 2.12. The van der Waals surface area contributed by atoms with Gasteiger partial charge in [-0.3, -0.25) is 0 Å². The lowest BCUT2D eigenvalue weighted by atomic mass is 10.0. The van der Waals surface area contributed by atoms with E-state index in [1.165, 1.54) is 63.0 Å². The van der Waals surface area contributed by atoms with Gasteiger partial charge in [-0.1, -0.05) is 68.9 Å². The van der Waals surface area contributed by atoms with Crippen LogP contribution in [0.3, 0.4) is 0 Å². The van der Waals surface area contributed by atoms with Crippen molar-refractivity contribution in [1.82, 2.24) is 0 Å². The van der Waals surface area contributed by atoms with Crippen LogP contribution in [0.15, 0.2) is 30.3 Å². The molecule has 0 unspecified atom stereocenters. The Bertz CT molecular complexity index is 337. The largest absolute Gasteiger partial charge is 0.397 e. The fourth-order valence-electron chi connectivity index (χ4n) is 2.76. The number of hydrogen-bond acceptors (Lipinski definition) is 2. The predicted octanol–water partition coefficient (Wildman–Crippen LogP) is 5.25. The van der Waals surface area contributed by atoms with Crippen LogP contribution in [0.1, 0.15) is 64.4 Å². The SMILES string of the molecule is CCO[SiH](CCCCCCCCCc1ccccc1)OCC. The Morgan fingerprint density at radius 1 is 0.727 bits per heavy atom. The van der Waals surface area contributed by atoms with Crippen molar-refractivity contribution in [2.75, 3.05) is 13.2 Å². The molecule has 0 aliphatic heterocycles. The van der Waals surface area contributed by atoms with Crippen molar-refractivity contribution in [3.63, 3.8) is 0 Å². The van der Waals surface area contributed by atoms with E-state index in [1.807, 2.05) is 0 Å². The molecule has 0 aliphatic rings. The molecule has 0 saturated carbocycles. The monoisotopic (exact) mass is 322 g/mol. The van der Waals surface area contributed by atoms with Gasteiger partial charge < -0.3 is 8.85 Å². The van der Waals surface area contributed by atoms with Crippen molar-refractivity contribution in [3.05, 3.63) is 35.9 Å². The molecule has 1 aromatic rings. The van der Waals surface area contributed by atoms with E-state index in [1.54, 1.807) is 0 Å². The summed E-state index contributed by atoms with van der Waals surface area (Å²) in [5.41, 5.74) is 1.48. The maximum atomic E-state index is 5.70. The second kappa shape index (κ2) is 14.0. The molecule has 0 atom stereocenters. The lowest BCUT2D eigenvalue weighted by molar-refractivity contribution is 0.212. The Kier molecular flexibility index (Phi) is 12.3. The molecule has 0 radical (unpaired) electrons. The third kappa shape index (κ3) is 10.1. The van der Waals surface area contributed by atoms with Crippen LogP contribution in [0.5, 0.6) is 0 Å². The van der Waals surface area contributed by atoms with Crippen LogP contribution in [-0.2, 0) is 15.3 Å². The molecule has 3 heteroatoms. The van der Waals surface area contributed by atoms with Crippen molar-refractivity contribution in [2.45, 2.75) is 71.3 Å². The molecule has 0 N–H and O–H groups in total. The van der Waals surface area contributed by atoms with E-state index >= 15 is 0 Å². The van der Waals surface area contributed by atoms with Crippen LogP contribution >= 0.6 is 0 Å². The molecule has 1 rings (SSSR count). The van der Waals surface area contributed by atoms with Gasteiger partial charge in [-0.15, -0.1) is 0 Å². The maximum Gasteiger partial charge on any atom is 0.321 e. The molecule has 2 nitrogen and oxygen atoms in total. The first-order valence-corrected chi connectivity index (χ1v) is 10.9. The third-order valence-electron chi connectivity index (χ3n) is 3.95. The highest BCUT2D eigenvalue weighted by atomic mass is 28.3. The fourth-order valence-corrected chi connectivity index (χ4v) is 4.55. The average Bonchev–Trinajstić information content (AvgIpc) is 2.54. The van der Waals surface area contributed by atoms with Gasteiger partial charge in [-0.05, 0) is 38.3 Å². The van der Waals surface area contributed by atoms with Crippen molar-refractivity contribution in [2.24, 2.45) is 0 Å². The molecule has 0 spiro atoms. The second-order valence-electron chi connectivity index (χ2n) is 5.84. The van der Waals surface area contributed by atoms with Crippen LogP contribution in [0.2, 0.25) is 6.04 Å². The van der Waals surface area contributed by atoms with E-state index in [9.17, 15) is 0 Å². The summed E-state index contributed by atoms with van der Waals surface area (Å²) in [4.78, 5) is 0. The first-order chi connectivity index (χ1) is 10.9. The number of rotatable bonds is 14. The zero-order chi connectivity index (χ0) is 15.9. The topological polar surface area (TPSA) is 18.5 Å². The highest BCUT2D eigenvalue weighted by Gasteiger charge is 2.10. The van der Waals surface area contributed by atoms with Gasteiger partial charge in [0.05, 0.1) is 0 Å². The summed E-state index contributed by atoms with van der Waals surface area (Å²) in [5, 5.41) is 0. The van der Waals surface area contributed by atoms with Crippen LogP contribution in [-0.4, -0.2) is 22.5 Å². The van der Waals surface area contributed by atoms with Gasteiger partial charge in [-0.25, -0.2) is 0 Å². The van der Waals surface area contributed by atoms with Gasteiger partial charge in [-0.2, -0.15) is 0 Å². The number of aryl methyl sites for hydroxylation is 1. The summed E-state index contributed by atoms with van der Waals surface area (Å²) in [7, 11) is -1.34. The lowest BCUT2D eigenvalue weighted by Gasteiger charge is -2.14. The van der Waals surface area contributed by atoms with E-state index in [0.717, 1.165) is 13.2 Å². The summed E-state index contributed by atoms with van der Waals surface area (Å²) in [5.74, 6) is 0. The van der Waals surface area contributed by atoms with Crippen molar-refractivity contribution in [1.29, 1.82) is 0 Å². The summed E-state index contributed by atoms with van der Waals surface area (Å²) in [6.45, 7) is 5.74. The van der Waals surface area contributed by atoms with Gasteiger partial charge >= 0.3 is 9.28 Å². The minimum atomic E-state index is -1.34. The Hall–Kier alpha value is -0.643. The van der Waals surface area contributed by atoms with Gasteiger partial charge in [0.2, 0.25) is 0 Å². The van der Waals surface area contributed by atoms with Crippen LogP contribution < -0.4 is 0 Å². The first-order valence-electron chi connectivity index (χ1n) is 9.14. The predicted molar refractivity (Wildman–Crippen MR) is 97.7 cm³/mol. The van der Waals surface area contributed by atoms with Crippen molar-refractivity contribution >= 4 is 9.28 Å². The zero-order valence-electron chi connectivity index (χ0n) is 14.6. The number of benzene rings is 1. The van der Waals surface area contributed by atoms with Gasteiger partial charge in [0.1, 0.15) is 0 Å². The van der Waals surface area contributed by atoms with Crippen LogP contribution in [0.25, 0.3) is 0 Å². The van der Waals surface area contributed by atoms with E-state index < -0.39 is 9.28 Å². The van der Waals surface area contributed by atoms with Gasteiger partial charge in [0.25, 0.3) is 0 Å². The fraction of sp³-hybridized carbons (Fsp3) is 0.684. The minimum Gasteiger partial charge on any atom is -0.397 e. The third-order valence-corrected chi connectivity index (χ3v) is 6.24. The zero-order valence-corrected chi connectivity index (χ0v) is 15.7. The lowest BCUT2D eigenvalue weighted by Crippen LogP contribution is -2.22. The first kappa shape index (κ1) is 19.4. The average molecular weight is 323 g/mol. The maximum absolute atomic E-state index is 5.70. The molecule has 0 fully saturated rings. The number of hydrogen-bond donors (Lipinski definition) is 0. The van der Waals surface area contributed by atoms with Crippen LogP contribution in [0.4, 0.5) is 0 Å². The van der Waals surface area contributed by atoms with E-state index in [-0.39, 0.29) is 0 Å². The summed E-state index contributed by atoms with van der Waals surface area (Å²) in [6, 6.07) is 12.0. The smallest absolute Gasteiger partial charge is 0.321 e. The van der Waals surface area contributed by atoms with E-state index in [0.29, 0.717) is 0 Å². The summed E-state index contributed by atoms with van der Waals surface area (Å²) < 4.78 is 11.4. The normalized spacial score (nSPS) is 11.2. The molecule has 1 aromatic carbocycles. The molecule has 0 aliphatic carbocycles. The van der Waals surface area contributed by atoms with Gasteiger partial charge in [0, 0.05) is 13.2 Å². The van der Waals surface area contributed by atoms with Crippen molar-refractivity contribution < 1.29 is 8.85 Å². The quantitative estimate of drug-likeness (QED) is 0.344. The number of unbranched alkanes of at least 4 members (excludes halogenated alkanes) is 6. The Labute approximate surface area is 139 Å². The molecule has 0 heterocycles. The molecular weight excluding hydrogens is 288 g/mol. The minimum absolute atomic E-state index is 0.804. The molecule has 0 amide bonds. The Balaban J connectivity index is 1.89. The van der Waals surface area contributed by atoms with E-state index in [4.69, 9.17) is 8.85 Å². The molecule has 126 valence electrons. The van der Waals surface area contributed by atoms with Crippen LogP contribution in [0, 0.1) is 0 Å². The Morgan fingerprint density at radius 2 is 1.27 bits per heavy atom. The summed E-state index contributed by atoms with van der Waals surface area (Å²) >= 11 is 0. The molecule has 0 saturated heterocycles. The van der Waals surface area contributed by atoms with E-state index in [2.05, 4.69) is 44.2 Å². The standard InChI is InChI=1S/C19H34O2Si/c1-3-20-22(21-4-2)18-14-9-7-5-6-8-11-15-19-16-12-10-13-17-19/h10,12-13,16-17,22H,3-9,11,14-15,18H2,1-2H3. The molecule has 0 aromatic heterocycles. The molecule has 22 heavy (non-hydrogen) atoms. The Morgan fingerprint density at radius 3 is 1.86 bits per heavy atom. The highest BCUT2D eigenvalue weighted by molar-refractivity contribution is 6.44.